The van der Waals surface area contributed by atoms with Crippen molar-refractivity contribution in [2.24, 2.45) is 4.99 Å². The predicted molar refractivity (Wildman–Crippen MR) is 106 cm³/mol. The summed E-state index contributed by atoms with van der Waals surface area (Å²) < 4.78 is 10.4. The molecule has 0 heterocycles. The summed E-state index contributed by atoms with van der Waals surface area (Å²) in [5.74, 6) is 0.639. The van der Waals surface area contributed by atoms with Crippen molar-refractivity contribution in [2.45, 2.75) is 52.9 Å². The number of hydrogen-bond acceptors (Lipinski definition) is 4. The van der Waals surface area contributed by atoms with Crippen molar-refractivity contribution in [1.82, 2.24) is 10.6 Å². The van der Waals surface area contributed by atoms with E-state index in [4.69, 9.17) is 9.47 Å². The van der Waals surface area contributed by atoms with Gasteiger partial charge >= 0.3 is 5.97 Å². The molecule has 0 atom stereocenters. The molecule has 6 nitrogen and oxygen atoms in total. The molecule has 0 aliphatic heterocycles. The van der Waals surface area contributed by atoms with Crippen LogP contribution in [0, 0.1) is 0 Å². The van der Waals surface area contributed by atoms with Gasteiger partial charge in [-0.3, -0.25) is 9.79 Å². The first kappa shape index (κ1) is 24.7. The molecule has 0 fully saturated rings. The highest BCUT2D eigenvalue weighted by Gasteiger charge is 2.01. The molecule has 138 valence electrons. The molecule has 0 aliphatic carbocycles. The summed E-state index contributed by atoms with van der Waals surface area (Å²) in [7, 11) is 0. The quantitative estimate of drug-likeness (QED) is 0.151. The average Bonchev–Trinajstić information content (AvgIpc) is 2.50. The zero-order chi connectivity index (χ0) is 16.5. The lowest BCUT2D eigenvalue weighted by Crippen LogP contribution is -2.38. The third-order valence-electron chi connectivity index (χ3n) is 2.86. The first-order valence-electron chi connectivity index (χ1n) is 8.50. The van der Waals surface area contributed by atoms with Gasteiger partial charge in [0.25, 0.3) is 0 Å². The van der Waals surface area contributed by atoms with Gasteiger partial charge in [-0.05, 0) is 33.1 Å². The van der Waals surface area contributed by atoms with Gasteiger partial charge in [-0.1, -0.05) is 13.3 Å². The summed E-state index contributed by atoms with van der Waals surface area (Å²) in [5, 5.41) is 6.46. The molecule has 0 bridgehead atoms. The van der Waals surface area contributed by atoms with Gasteiger partial charge in [-0.2, -0.15) is 0 Å². The topological polar surface area (TPSA) is 72.0 Å². The van der Waals surface area contributed by atoms with Crippen molar-refractivity contribution in [2.75, 3.05) is 39.5 Å². The van der Waals surface area contributed by atoms with E-state index >= 15 is 0 Å². The standard InChI is InChI=1S/C16H33N3O3.HI/c1-4-7-13-21-14-9-12-19-16(17-5-2)18-11-8-10-15(20)22-6-3;/h4-14H2,1-3H3,(H2,17,18,19);1H. The zero-order valence-electron chi connectivity index (χ0n) is 14.9. The molecule has 0 unspecified atom stereocenters. The summed E-state index contributed by atoms with van der Waals surface area (Å²) in [5.41, 5.74) is 0. The molecular weight excluding hydrogens is 409 g/mol. The number of carbonyl (C=O) groups is 1. The fourth-order valence-electron chi connectivity index (χ4n) is 1.72. The number of unbranched alkanes of at least 4 members (excludes halogenated alkanes) is 1. The van der Waals surface area contributed by atoms with Crippen LogP contribution in [0.2, 0.25) is 0 Å². The van der Waals surface area contributed by atoms with Crippen LogP contribution >= 0.6 is 24.0 Å². The number of nitrogens with one attached hydrogen (secondary N) is 2. The normalized spacial score (nSPS) is 10.8. The van der Waals surface area contributed by atoms with Crippen molar-refractivity contribution in [3.05, 3.63) is 0 Å². The number of hydrogen-bond donors (Lipinski definition) is 2. The molecular formula is C16H34IN3O3. The van der Waals surface area contributed by atoms with Gasteiger partial charge < -0.3 is 20.1 Å². The minimum Gasteiger partial charge on any atom is -0.466 e. The monoisotopic (exact) mass is 443 g/mol. The van der Waals surface area contributed by atoms with Crippen molar-refractivity contribution in [1.29, 1.82) is 0 Å². The van der Waals surface area contributed by atoms with Gasteiger partial charge in [0.15, 0.2) is 5.96 Å². The lowest BCUT2D eigenvalue weighted by atomic mass is 10.3. The number of rotatable bonds is 13. The van der Waals surface area contributed by atoms with Crippen LogP contribution < -0.4 is 10.6 Å². The number of halogens is 1. The molecule has 23 heavy (non-hydrogen) atoms. The van der Waals surface area contributed by atoms with E-state index in [0.29, 0.717) is 26.0 Å². The Morgan fingerprint density at radius 3 is 2.43 bits per heavy atom. The second-order valence-electron chi connectivity index (χ2n) is 4.92. The van der Waals surface area contributed by atoms with Crippen LogP contribution in [0.3, 0.4) is 0 Å². The molecule has 7 heteroatoms. The van der Waals surface area contributed by atoms with Crippen molar-refractivity contribution in [3.8, 4) is 0 Å². The smallest absolute Gasteiger partial charge is 0.305 e. The predicted octanol–water partition coefficient (Wildman–Crippen LogP) is 2.71. The number of guanidine groups is 1. The van der Waals surface area contributed by atoms with Crippen molar-refractivity contribution in [3.63, 3.8) is 0 Å². The Bertz CT molecular complexity index is 302. The maximum absolute atomic E-state index is 11.2. The van der Waals surface area contributed by atoms with Crippen LogP contribution in [-0.4, -0.2) is 51.4 Å². The van der Waals surface area contributed by atoms with Crippen LogP contribution in [0.15, 0.2) is 4.99 Å². The minimum absolute atomic E-state index is 0. The Labute approximate surface area is 158 Å². The van der Waals surface area contributed by atoms with E-state index < -0.39 is 0 Å². The van der Waals surface area contributed by atoms with Crippen LogP contribution in [0.5, 0.6) is 0 Å². The first-order chi connectivity index (χ1) is 10.7. The van der Waals surface area contributed by atoms with Crippen LogP contribution in [0.25, 0.3) is 0 Å². The third kappa shape index (κ3) is 17.6. The lowest BCUT2D eigenvalue weighted by molar-refractivity contribution is -0.143. The summed E-state index contributed by atoms with van der Waals surface area (Å²) in [6, 6.07) is 0. The highest BCUT2D eigenvalue weighted by molar-refractivity contribution is 14.0. The molecule has 0 rings (SSSR count). The van der Waals surface area contributed by atoms with Gasteiger partial charge in [0, 0.05) is 39.3 Å². The lowest BCUT2D eigenvalue weighted by Gasteiger charge is -2.11. The van der Waals surface area contributed by atoms with E-state index in [1.165, 1.54) is 6.42 Å². The highest BCUT2D eigenvalue weighted by atomic mass is 127. The average molecular weight is 443 g/mol. The summed E-state index contributed by atoms with van der Waals surface area (Å²) >= 11 is 0. The van der Waals surface area contributed by atoms with Crippen molar-refractivity contribution < 1.29 is 14.3 Å². The summed E-state index contributed by atoms with van der Waals surface area (Å²) in [4.78, 5) is 15.7. The number of carbonyl (C=O) groups excluding carboxylic acids is 1. The molecule has 0 saturated heterocycles. The second kappa shape index (κ2) is 19.5. The number of esters is 1. The maximum Gasteiger partial charge on any atom is 0.305 e. The van der Waals surface area contributed by atoms with E-state index in [1.54, 1.807) is 0 Å². The van der Waals surface area contributed by atoms with Gasteiger partial charge in [-0.25, -0.2) is 0 Å². The third-order valence-corrected chi connectivity index (χ3v) is 2.86. The Morgan fingerprint density at radius 2 is 1.78 bits per heavy atom. The Kier molecular flexibility index (Phi) is 20.9. The largest absolute Gasteiger partial charge is 0.466 e. The van der Waals surface area contributed by atoms with E-state index in [1.807, 2.05) is 13.8 Å². The van der Waals surface area contributed by atoms with E-state index in [9.17, 15) is 4.79 Å². The Hall–Kier alpha value is -0.570. The van der Waals surface area contributed by atoms with E-state index in [0.717, 1.165) is 45.1 Å². The summed E-state index contributed by atoms with van der Waals surface area (Å²) in [6.45, 7) is 10.3. The molecule has 0 radical (unpaired) electrons. The van der Waals surface area contributed by atoms with Crippen LogP contribution in [0.4, 0.5) is 0 Å². The molecule has 0 saturated carbocycles. The number of aliphatic imine (C=N–C) groups is 1. The first-order valence-corrected chi connectivity index (χ1v) is 8.50. The van der Waals surface area contributed by atoms with Crippen LogP contribution in [-0.2, 0) is 14.3 Å². The molecule has 0 aromatic carbocycles. The summed E-state index contributed by atoms with van der Waals surface area (Å²) in [6.07, 6.45) is 4.37. The van der Waals surface area contributed by atoms with E-state index in [-0.39, 0.29) is 29.9 Å². The van der Waals surface area contributed by atoms with E-state index in [2.05, 4.69) is 22.5 Å². The number of ether oxygens (including phenoxy) is 2. The fourth-order valence-corrected chi connectivity index (χ4v) is 1.72. The zero-order valence-corrected chi connectivity index (χ0v) is 17.2. The van der Waals surface area contributed by atoms with Gasteiger partial charge in [0.2, 0.25) is 0 Å². The van der Waals surface area contributed by atoms with Gasteiger partial charge in [0.05, 0.1) is 6.61 Å². The highest BCUT2D eigenvalue weighted by Crippen LogP contribution is 1.94. The Morgan fingerprint density at radius 1 is 1.04 bits per heavy atom. The van der Waals surface area contributed by atoms with Crippen molar-refractivity contribution >= 4 is 35.9 Å². The SMILES string of the molecule is CCCCOCCCNC(=NCCCC(=O)OCC)NCC.I. The van der Waals surface area contributed by atoms with Gasteiger partial charge in [0.1, 0.15) is 0 Å². The molecule has 0 aromatic rings. The molecule has 0 spiro atoms. The maximum atomic E-state index is 11.2. The van der Waals surface area contributed by atoms with Gasteiger partial charge in [-0.15, -0.1) is 24.0 Å². The molecule has 0 aromatic heterocycles. The van der Waals surface area contributed by atoms with Crippen LogP contribution in [0.1, 0.15) is 52.9 Å². The Balaban J connectivity index is 0. The second-order valence-corrected chi connectivity index (χ2v) is 4.92. The molecule has 2 N–H and O–H groups in total. The molecule has 0 amide bonds. The number of nitrogens with zero attached hydrogens (tertiary/aromatic N) is 1. The fraction of sp³-hybridized carbons (Fsp3) is 0.875. The molecule has 0 aliphatic rings. The minimum atomic E-state index is -0.153.